The van der Waals surface area contributed by atoms with E-state index in [-0.39, 0.29) is 30.5 Å². The predicted molar refractivity (Wildman–Crippen MR) is 94.1 cm³/mol. The number of carbonyl (C=O) groups is 2. The molecule has 0 spiro atoms. The van der Waals surface area contributed by atoms with Crippen LogP contribution in [0.3, 0.4) is 0 Å². The van der Waals surface area contributed by atoms with Crippen molar-refractivity contribution in [3.63, 3.8) is 0 Å². The van der Waals surface area contributed by atoms with E-state index in [1.54, 1.807) is 36.4 Å². The van der Waals surface area contributed by atoms with E-state index >= 15 is 0 Å². The van der Waals surface area contributed by atoms with Gasteiger partial charge in [-0.15, -0.1) is 0 Å². The molecule has 0 saturated heterocycles. The van der Waals surface area contributed by atoms with Gasteiger partial charge < -0.3 is 19.7 Å². The fourth-order valence-corrected chi connectivity index (χ4v) is 2.83. The molecule has 1 N–H and O–H groups in total. The molecule has 2 amide bonds. The third kappa shape index (κ3) is 4.33. The van der Waals surface area contributed by atoms with Gasteiger partial charge >= 0.3 is 6.61 Å². The molecule has 2 aromatic rings. The third-order valence-corrected chi connectivity index (χ3v) is 4.12. The summed E-state index contributed by atoms with van der Waals surface area (Å²) in [6.45, 7) is -2.81. The monoisotopic (exact) mass is 376 g/mol. The summed E-state index contributed by atoms with van der Waals surface area (Å²) >= 11 is 0. The van der Waals surface area contributed by atoms with E-state index in [4.69, 9.17) is 4.74 Å². The van der Waals surface area contributed by atoms with Crippen molar-refractivity contribution in [2.24, 2.45) is 0 Å². The molecule has 6 nitrogen and oxygen atoms in total. The molecule has 0 saturated carbocycles. The van der Waals surface area contributed by atoms with Crippen LogP contribution in [-0.4, -0.2) is 38.1 Å². The number of likely N-dealkylation sites (N-methyl/N-ethyl adjacent to an activating group) is 1. The number of para-hydroxylation sites is 2. The van der Waals surface area contributed by atoms with Crippen molar-refractivity contribution in [2.45, 2.75) is 19.1 Å². The first-order valence-corrected chi connectivity index (χ1v) is 8.29. The molecule has 1 atom stereocenters. The number of alkyl halides is 2. The number of ether oxygens (including phenoxy) is 2. The van der Waals surface area contributed by atoms with E-state index in [0.29, 0.717) is 17.0 Å². The molecule has 27 heavy (non-hydrogen) atoms. The molecule has 2 aromatic carbocycles. The molecule has 0 aromatic heterocycles. The molecule has 8 heteroatoms. The van der Waals surface area contributed by atoms with Gasteiger partial charge in [-0.1, -0.05) is 24.3 Å². The number of anilines is 1. The van der Waals surface area contributed by atoms with Crippen molar-refractivity contribution in [1.82, 2.24) is 5.32 Å². The van der Waals surface area contributed by atoms with Gasteiger partial charge in [0.25, 0.3) is 5.91 Å². The maximum atomic E-state index is 12.8. The van der Waals surface area contributed by atoms with Crippen LogP contribution in [0, 0.1) is 0 Å². The quantitative estimate of drug-likeness (QED) is 0.870. The molecular formula is C19H18F2N2O4. The van der Waals surface area contributed by atoms with Crippen LogP contribution in [0.4, 0.5) is 14.5 Å². The first-order valence-electron chi connectivity index (χ1n) is 8.29. The van der Waals surface area contributed by atoms with E-state index in [2.05, 4.69) is 10.1 Å². The SMILES string of the molecule is CNC(=O)[C@H]1CN(C(=O)Cc2ccc(OC(F)F)cc2)c2ccccc2O1. The first kappa shape index (κ1) is 18.6. The Labute approximate surface area is 154 Å². The number of nitrogens with one attached hydrogen (secondary N) is 1. The minimum atomic E-state index is -2.90. The predicted octanol–water partition coefficient (Wildman–Crippen LogP) is 2.37. The fraction of sp³-hybridized carbons (Fsp3) is 0.263. The molecule has 1 heterocycles. The Kier molecular flexibility index (Phi) is 5.54. The van der Waals surface area contributed by atoms with Gasteiger partial charge in [-0.3, -0.25) is 9.59 Å². The molecular weight excluding hydrogens is 358 g/mol. The van der Waals surface area contributed by atoms with E-state index < -0.39 is 12.7 Å². The summed E-state index contributed by atoms with van der Waals surface area (Å²) in [6.07, 6.45) is -0.764. The number of fused-ring (bicyclic) bond motifs is 1. The molecule has 3 rings (SSSR count). The number of hydrogen-bond donors (Lipinski definition) is 1. The maximum absolute atomic E-state index is 12.8. The summed E-state index contributed by atoms with van der Waals surface area (Å²) < 4.78 is 34.4. The van der Waals surface area contributed by atoms with Crippen LogP contribution in [0.1, 0.15) is 5.56 Å². The summed E-state index contributed by atoms with van der Waals surface area (Å²) in [7, 11) is 1.50. The Morgan fingerprint density at radius 2 is 1.93 bits per heavy atom. The van der Waals surface area contributed by atoms with Gasteiger partial charge in [0.1, 0.15) is 11.5 Å². The van der Waals surface area contributed by atoms with Crippen molar-refractivity contribution < 1.29 is 27.8 Å². The van der Waals surface area contributed by atoms with Gasteiger partial charge in [0.15, 0.2) is 6.10 Å². The highest BCUT2D eigenvalue weighted by atomic mass is 19.3. The summed E-state index contributed by atoms with van der Waals surface area (Å²) in [5, 5.41) is 2.52. The minimum Gasteiger partial charge on any atom is -0.477 e. The summed E-state index contributed by atoms with van der Waals surface area (Å²) in [5.74, 6) is -0.0815. The Morgan fingerprint density at radius 3 is 2.59 bits per heavy atom. The Morgan fingerprint density at radius 1 is 1.22 bits per heavy atom. The average molecular weight is 376 g/mol. The van der Waals surface area contributed by atoms with E-state index in [1.807, 2.05) is 0 Å². The largest absolute Gasteiger partial charge is 0.477 e. The van der Waals surface area contributed by atoms with Crippen LogP contribution >= 0.6 is 0 Å². The van der Waals surface area contributed by atoms with Crippen LogP contribution in [0.15, 0.2) is 48.5 Å². The molecule has 1 aliphatic heterocycles. The zero-order chi connectivity index (χ0) is 19.4. The fourth-order valence-electron chi connectivity index (χ4n) is 2.83. The lowest BCUT2D eigenvalue weighted by atomic mass is 10.1. The van der Waals surface area contributed by atoms with Gasteiger partial charge in [-0.2, -0.15) is 8.78 Å². The Balaban J connectivity index is 1.77. The third-order valence-electron chi connectivity index (χ3n) is 4.12. The summed E-state index contributed by atoms with van der Waals surface area (Å²) in [5.41, 5.74) is 1.22. The lowest BCUT2D eigenvalue weighted by molar-refractivity contribution is -0.127. The van der Waals surface area contributed by atoms with Crippen LogP contribution in [-0.2, 0) is 16.0 Å². The molecule has 0 unspecified atom stereocenters. The summed E-state index contributed by atoms with van der Waals surface area (Å²) in [6, 6.07) is 12.9. The van der Waals surface area contributed by atoms with Crippen molar-refractivity contribution in [1.29, 1.82) is 0 Å². The molecule has 0 aliphatic carbocycles. The second-order valence-electron chi connectivity index (χ2n) is 5.89. The normalized spacial score (nSPS) is 15.7. The molecule has 1 aliphatic rings. The molecule has 0 bridgehead atoms. The number of carbonyl (C=O) groups excluding carboxylic acids is 2. The standard InChI is InChI=1S/C19H18F2N2O4/c1-22-18(25)16-11-23(14-4-2-3-5-15(14)27-16)17(24)10-12-6-8-13(9-7-12)26-19(20)21/h2-9,16,19H,10-11H2,1H3,(H,22,25)/t16-/m1/s1. The highest BCUT2D eigenvalue weighted by molar-refractivity contribution is 5.98. The van der Waals surface area contributed by atoms with Crippen molar-refractivity contribution in [3.8, 4) is 11.5 Å². The van der Waals surface area contributed by atoms with Crippen molar-refractivity contribution in [2.75, 3.05) is 18.5 Å². The number of benzene rings is 2. The molecule has 0 fully saturated rings. The highest BCUT2D eigenvalue weighted by Crippen LogP contribution is 2.33. The number of hydrogen-bond acceptors (Lipinski definition) is 4. The van der Waals surface area contributed by atoms with Crippen molar-refractivity contribution >= 4 is 17.5 Å². The Hall–Kier alpha value is -3.16. The van der Waals surface area contributed by atoms with Crippen LogP contribution in [0.25, 0.3) is 0 Å². The maximum Gasteiger partial charge on any atom is 0.387 e. The lowest BCUT2D eigenvalue weighted by Crippen LogP contribution is -2.50. The summed E-state index contributed by atoms with van der Waals surface area (Å²) in [4.78, 5) is 26.3. The number of amides is 2. The number of rotatable bonds is 5. The molecule has 0 radical (unpaired) electrons. The van der Waals surface area contributed by atoms with Gasteiger partial charge in [-0.05, 0) is 29.8 Å². The van der Waals surface area contributed by atoms with E-state index in [1.165, 1.54) is 24.1 Å². The van der Waals surface area contributed by atoms with E-state index in [0.717, 1.165) is 0 Å². The van der Waals surface area contributed by atoms with E-state index in [9.17, 15) is 18.4 Å². The topological polar surface area (TPSA) is 67.9 Å². The number of nitrogens with zero attached hydrogens (tertiary/aromatic N) is 1. The smallest absolute Gasteiger partial charge is 0.387 e. The second kappa shape index (κ2) is 8.03. The van der Waals surface area contributed by atoms with Crippen LogP contribution in [0.2, 0.25) is 0 Å². The highest BCUT2D eigenvalue weighted by Gasteiger charge is 2.33. The Bertz CT molecular complexity index is 827. The average Bonchev–Trinajstić information content (AvgIpc) is 2.67. The number of halogens is 2. The van der Waals surface area contributed by atoms with Crippen LogP contribution < -0.4 is 19.7 Å². The van der Waals surface area contributed by atoms with Gasteiger partial charge in [0, 0.05) is 7.05 Å². The van der Waals surface area contributed by atoms with Crippen LogP contribution in [0.5, 0.6) is 11.5 Å². The van der Waals surface area contributed by atoms with Gasteiger partial charge in [0.05, 0.1) is 18.7 Å². The van der Waals surface area contributed by atoms with Gasteiger partial charge in [0.2, 0.25) is 5.91 Å². The lowest BCUT2D eigenvalue weighted by Gasteiger charge is -2.34. The van der Waals surface area contributed by atoms with Gasteiger partial charge in [-0.25, -0.2) is 0 Å². The van der Waals surface area contributed by atoms with Crippen molar-refractivity contribution in [3.05, 3.63) is 54.1 Å². The second-order valence-corrected chi connectivity index (χ2v) is 5.89. The molecule has 142 valence electrons. The first-order chi connectivity index (χ1) is 13.0. The zero-order valence-corrected chi connectivity index (χ0v) is 14.5. The minimum absolute atomic E-state index is 0.0256. The zero-order valence-electron chi connectivity index (χ0n) is 14.5.